The summed E-state index contributed by atoms with van der Waals surface area (Å²) in [4.78, 5) is 14.6. The third-order valence-electron chi connectivity index (χ3n) is 1.67. The number of pyridine rings is 1. The molecule has 13 heavy (non-hydrogen) atoms. The van der Waals surface area contributed by atoms with Gasteiger partial charge in [-0.05, 0) is 12.1 Å². The van der Waals surface area contributed by atoms with E-state index in [1.807, 2.05) is 0 Å². The maximum absolute atomic E-state index is 10.7. The minimum atomic E-state index is -1.04. The number of aromatic carboxylic acids is 1. The van der Waals surface area contributed by atoms with Crippen LogP contribution in [0.1, 0.15) is 22.1 Å². The summed E-state index contributed by atoms with van der Waals surface area (Å²) in [6.07, 6.45) is 1.50. The summed E-state index contributed by atoms with van der Waals surface area (Å²) >= 11 is 0. The fourth-order valence-corrected chi connectivity index (χ4v) is 1.01. The van der Waals surface area contributed by atoms with Crippen molar-refractivity contribution in [3.05, 3.63) is 29.6 Å². The van der Waals surface area contributed by atoms with E-state index in [0.29, 0.717) is 5.69 Å². The van der Waals surface area contributed by atoms with E-state index in [1.54, 1.807) is 6.07 Å². The summed E-state index contributed by atoms with van der Waals surface area (Å²) in [5, 5.41) is 8.77. The number of carbonyl (C=O) groups is 1. The molecule has 5 heteroatoms. The molecule has 0 unspecified atom stereocenters. The lowest BCUT2D eigenvalue weighted by molar-refractivity contribution is 0.0694. The second-order valence-electron chi connectivity index (χ2n) is 2.58. The highest BCUT2D eigenvalue weighted by Crippen LogP contribution is 2.11. The molecule has 5 nitrogen and oxygen atoms in total. The maximum atomic E-state index is 10.7. The number of nitrogens with two attached hydrogens (primary N) is 2. The monoisotopic (exact) mass is 181 g/mol. The van der Waals surface area contributed by atoms with Crippen molar-refractivity contribution in [2.45, 2.75) is 6.04 Å². The number of hydrogen-bond acceptors (Lipinski definition) is 4. The average Bonchev–Trinajstić information content (AvgIpc) is 2.16. The molecular weight excluding hydrogens is 170 g/mol. The van der Waals surface area contributed by atoms with Gasteiger partial charge in [0.25, 0.3) is 0 Å². The van der Waals surface area contributed by atoms with Crippen LogP contribution in [0.25, 0.3) is 0 Å². The molecule has 0 aromatic carbocycles. The lowest BCUT2D eigenvalue weighted by atomic mass is 10.1. The van der Waals surface area contributed by atoms with Crippen LogP contribution in [0.2, 0.25) is 0 Å². The molecule has 0 spiro atoms. The second-order valence-corrected chi connectivity index (χ2v) is 2.58. The van der Waals surface area contributed by atoms with Crippen LogP contribution in [-0.4, -0.2) is 22.6 Å². The number of aromatic nitrogens is 1. The zero-order valence-electron chi connectivity index (χ0n) is 6.97. The highest BCUT2D eigenvalue weighted by atomic mass is 16.4. The van der Waals surface area contributed by atoms with E-state index in [-0.39, 0.29) is 12.1 Å². The van der Waals surface area contributed by atoms with Gasteiger partial charge in [0.05, 0.1) is 17.3 Å². The van der Waals surface area contributed by atoms with E-state index in [2.05, 4.69) is 4.98 Å². The topological polar surface area (TPSA) is 102 Å². The second kappa shape index (κ2) is 3.97. The van der Waals surface area contributed by atoms with Gasteiger partial charge in [0, 0.05) is 12.7 Å². The van der Waals surface area contributed by atoms with Crippen molar-refractivity contribution in [3.8, 4) is 0 Å². The number of hydrogen-bond donors (Lipinski definition) is 3. The first-order chi connectivity index (χ1) is 6.16. The highest BCUT2D eigenvalue weighted by molar-refractivity contribution is 5.88. The number of nitrogens with zero attached hydrogens (tertiary/aromatic N) is 1. The van der Waals surface area contributed by atoms with Crippen molar-refractivity contribution in [2.75, 3.05) is 6.54 Å². The van der Waals surface area contributed by atoms with Crippen LogP contribution < -0.4 is 11.5 Å². The molecule has 1 rings (SSSR count). The molecule has 0 saturated carbocycles. The summed E-state index contributed by atoms with van der Waals surface area (Å²) in [7, 11) is 0. The predicted molar refractivity (Wildman–Crippen MR) is 47.2 cm³/mol. The molecular formula is C8H11N3O2. The Balaban J connectivity index is 3.11. The minimum Gasteiger partial charge on any atom is -0.478 e. The molecule has 0 aliphatic carbocycles. The van der Waals surface area contributed by atoms with E-state index < -0.39 is 12.0 Å². The first-order valence-corrected chi connectivity index (χ1v) is 3.80. The van der Waals surface area contributed by atoms with Crippen molar-refractivity contribution in [3.63, 3.8) is 0 Å². The molecule has 0 fully saturated rings. The Labute approximate surface area is 75.4 Å². The van der Waals surface area contributed by atoms with Crippen molar-refractivity contribution in [1.82, 2.24) is 4.98 Å². The van der Waals surface area contributed by atoms with Crippen LogP contribution in [0.15, 0.2) is 18.3 Å². The number of carboxylic acid groups (broad SMARTS) is 1. The zero-order chi connectivity index (χ0) is 9.84. The molecule has 70 valence electrons. The van der Waals surface area contributed by atoms with E-state index in [1.165, 1.54) is 12.3 Å². The molecule has 0 bridgehead atoms. The van der Waals surface area contributed by atoms with Crippen molar-refractivity contribution >= 4 is 5.97 Å². The van der Waals surface area contributed by atoms with Gasteiger partial charge in [-0.2, -0.15) is 0 Å². The molecule has 0 saturated heterocycles. The molecule has 0 radical (unpaired) electrons. The summed E-state index contributed by atoms with van der Waals surface area (Å²) in [5.41, 5.74) is 11.3. The fraction of sp³-hybridized carbons (Fsp3) is 0.250. The van der Waals surface area contributed by atoms with Gasteiger partial charge in [0.2, 0.25) is 0 Å². The van der Waals surface area contributed by atoms with E-state index in [9.17, 15) is 4.79 Å². The Morgan fingerprint density at radius 2 is 2.38 bits per heavy atom. The van der Waals surface area contributed by atoms with Crippen LogP contribution >= 0.6 is 0 Å². The lowest BCUT2D eigenvalue weighted by Crippen LogP contribution is -2.24. The molecule has 1 atom stereocenters. The van der Waals surface area contributed by atoms with Gasteiger partial charge in [-0.15, -0.1) is 0 Å². The number of rotatable bonds is 3. The van der Waals surface area contributed by atoms with Crippen LogP contribution in [0.4, 0.5) is 0 Å². The minimum absolute atomic E-state index is 0.112. The standard InChI is InChI=1S/C8H11N3O2/c9-4-6(10)7-5(8(12)13)2-1-3-11-7/h1-3,6H,4,9-10H2,(H,12,13)/t6-/m1/s1. The quantitative estimate of drug-likeness (QED) is 0.596. The van der Waals surface area contributed by atoms with Crippen LogP contribution in [0.3, 0.4) is 0 Å². The molecule has 1 aromatic rings. The maximum Gasteiger partial charge on any atom is 0.337 e. The Morgan fingerprint density at radius 1 is 1.69 bits per heavy atom. The SMILES string of the molecule is NC[C@@H](N)c1ncccc1C(=O)O. The van der Waals surface area contributed by atoms with Crippen molar-refractivity contribution in [1.29, 1.82) is 0 Å². The van der Waals surface area contributed by atoms with Gasteiger partial charge in [-0.25, -0.2) is 4.79 Å². The average molecular weight is 181 g/mol. The third kappa shape index (κ3) is 2.01. The lowest BCUT2D eigenvalue weighted by Gasteiger charge is -2.09. The summed E-state index contributed by atoms with van der Waals surface area (Å²) in [5.74, 6) is -1.04. The molecule has 0 aliphatic heterocycles. The van der Waals surface area contributed by atoms with Gasteiger partial charge < -0.3 is 16.6 Å². The van der Waals surface area contributed by atoms with Gasteiger partial charge in [0.1, 0.15) is 0 Å². The van der Waals surface area contributed by atoms with Gasteiger partial charge in [-0.3, -0.25) is 4.98 Å². The molecule has 1 heterocycles. The van der Waals surface area contributed by atoms with E-state index in [4.69, 9.17) is 16.6 Å². The first kappa shape index (κ1) is 9.63. The van der Waals surface area contributed by atoms with E-state index in [0.717, 1.165) is 0 Å². The van der Waals surface area contributed by atoms with Crippen LogP contribution in [-0.2, 0) is 0 Å². The normalized spacial score (nSPS) is 12.5. The summed E-state index contributed by atoms with van der Waals surface area (Å²) in [6, 6.07) is 2.49. The predicted octanol–water partition coefficient (Wildman–Crippen LogP) is -0.262. The zero-order valence-corrected chi connectivity index (χ0v) is 6.97. The largest absolute Gasteiger partial charge is 0.478 e. The highest BCUT2D eigenvalue weighted by Gasteiger charge is 2.15. The van der Waals surface area contributed by atoms with Crippen LogP contribution in [0.5, 0.6) is 0 Å². The fourth-order valence-electron chi connectivity index (χ4n) is 1.01. The van der Waals surface area contributed by atoms with Gasteiger partial charge >= 0.3 is 5.97 Å². The van der Waals surface area contributed by atoms with Gasteiger partial charge in [-0.1, -0.05) is 0 Å². The molecule has 0 amide bonds. The van der Waals surface area contributed by atoms with E-state index >= 15 is 0 Å². The smallest absolute Gasteiger partial charge is 0.337 e. The molecule has 0 aliphatic rings. The molecule has 1 aromatic heterocycles. The van der Waals surface area contributed by atoms with Crippen LogP contribution in [0, 0.1) is 0 Å². The Hall–Kier alpha value is -1.46. The van der Waals surface area contributed by atoms with Crippen molar-refractivity contribution in [2.24, 2.45) is 11.5 Å². The van der Waals surface area contributed by atoms with Crippen molar-refractivity contribution < 1.29 is 9.90 Å². The summed E-state index contributed by atoms with van der Waals surface area (Å²) < 4.78 is 0. The summed E-state index contributed by atoms with van der Waals surface area (Å²) in [6.45, 7) is 0.178. The Kier molecular flexibility index (Phi) is 2.94. The number of carboxylic acids is 1. The Morgan fingerprint density at radius 3 is 2.92 bits per heavy atom. The van der Waals surface area contributed by atoms with Gasteiger partial charge in [0.15, 0.2) is 0 Å². The molecule has 5 N–H and O–H groups in total. The third-order valence-corrected chi connectivity index (χ3v) is 1.67. The first-order valence-electron chi connectivity index (χ1n) is 3.80. The Bertz CT molecular complexity index is 314.